The summed E-state index contributed by atoms with van der Waals surface area (Å²) in [5.41, 5.74) is 2.53. The molecule has 1 heterocycles. The number of fused-ring (bicyclic) bond motifs is 1. The van der Waals surface area contributed by atoms with Gasteiger partial charge in [0.1, 0.15) is 5.75 Å². The van der Waals surface area contributed by atoms with E-state index in [9.17, 15) is 10.2 Å². The van der Waals surface area contributed by atoms with Crippen LogP contribution >= 0.6 is 0 Å². The van der Waals surface area contributed by atoms with E-state index in [1.807, 2.05) is 36.4 Å². The van der Waals surface area contributed by atoms with Gasteiger partial charge in [-0.05, 0) is 23.8 Å². The minimum absolute atomic E-state index is 0.214. The summed E-state index contributed by atoms with van der Waals surface area (Å²) < 4.78 is 0. The maximum Gasteiger partial charge on any atom is 0.115 e. The van der Waals surface area contributed by atoms with Crippen molar-refractivity contribution in [3.05, 3.63) is 71.9 Å². The highest BCUT2D eigenvalue weighted by Crippen LogP contribution is 2.25. The van der Waals surface area contributed by atoms with Gasteiger partial charge in [0.2, 0.25) is 0 Å². The number of rotatable bonds is 3. The third-order valence-electron chi connectivity index (χ3n) is 3.36. The van der Waals surface area contributed by atoms with E-state index in [2.05, 4.69) is 4.98 Å². The Labute approximate surface area is 117 Å². The quantitative estimate of drug-likeness (QED) is 0.764. The first-order valence-corrected chi connectivity index (χ1v) is 6.53. The summed E-state index contributed by atoms with van der Waals surface area (Å²) in [5.74, 6) is 0.214. The van der Waals surface area contributed by atoms with Gasteiger partial charge in [0, 0.05) is 23.6 Å². The van der Waals surface area contributed by atoms with Gasteiger partial charge in [0.05, 0.1) is 11.6 Å². The molecule has 1 unspecified atom stereocenters. The van der Waals surface area contributed by atoms with Crippen molar-refractivity contribution in [3.63, 3.8) is 0 Å². The molecule has 0 spiro atoms. The zero-order chi connectivity index (χ0) is 13.9. The summed E-state index contributed by atoms with van der Waals surface area (Å²) in [7, 11) is 0. The standard InChI is InChI=1S/C17H15NO2/c19-14-7-1-4-12(10-14)11-16(20)15-8-2-5-13-6-3-9-18-17(13)15/h1-10,16,19-20H,11H2. The molecule has 3 heteroatoms. The van der Waals surface area contributed by atoms with Crippen LogP contribution in [0.2, 0.25) is 0 Å². The summed E-state index contributed by atoms with van der Waals surface area (Å²) >= 11 is 0. The number of phenolic OH excluding ortho intramolecular Hbond substituents is 1. The first-order valence-electron chi connectivity index (χ1n) is 6.53. The molecular weight excluding hydrogens is 250 g/mol. The summed E-state index contributed by atoms with van der Waals surface area (Å²) in [6.45, 7) is 0. The zero-order valence-corrected chi connectivity index (χ0v) is 10.9. The van der Waals surface area contributed by atoms with Crippen molar-refractivity contribution in [3.8, 4) is 5.75 Å². The zero-order valence-electron chi connectivity index (χ0n) is 10.9. The largest absolute Gasteiger partial charge is 0.508 e. The molecule has 0 radical (unpaired) electrons. The van der Waals surface area contributed by atoms with E-state index in [4.69, 9.17) is 0 Å². The third-order valence-corrected chi connectivity index (χ3v) is 3.36. The van der Waals surface area contributed by atoms with E-state index in [0.717, 1.165) is 22.0 Å². The van der Waals surface area contributed by atoms with E-state index in [0.29, 0.717) is 6.42 Å². The Morgan fingerprint density at radius 3 is 2.65 bits per heavy atom. The normalized spacial score (nSPS) is 12.4. The average molecular weight is 265 g/mol. The van der Waals surface area contributed by atoms with Crippen LogP contribution in [-0.4, -0.2) is 15.2 Å². The van der Waals surface area contributed by atoms with Gasteiger partial charge in [-0.3, -0.25) is 4.98 Å². The maximum atomic E-state index is 10.4. The molecular formula is C17H15NO2. The Bertz CT molecular complexity index is 734. The van der Waals surface area contributed by atoms with Crippen molar-refractivity contribution in [2.75, 3.05) is 0 Å². The summed E-state index contributed by atoms with van der Waals surface area (Å²) in [4.78, 5) is 4.35. The average Bonchev–Trinajstić information content (AvgIpc) is 2.46. The Morgan fingerprint density at radius 1 is 1.00 bits per heavy atom. The van der Waals surface area contributed by atoms with Crippen LogP contribution in [-0.2, 0) is 6.42 Å². The van der Waals surface area contributed by atoms with Gasteiger partial charge < -0.3 is 10.2 Å². The summed E-state index contributed by atoms with van der Waals surface area (Å²) in [6.07, 6.45) is 1.53. The lowest BCUT2D eigenvalue weighted by atomic mass is 9.99. The van der Waals surface area contributed by atoms with Crippen molar-refractivity contribution in [2.45, 2.75) is 12.5 Å². The van der Waals surface area contributed by atoms with Crippen LogP contribution in [0.1, 0.15) is 17.2 Å². The number of hydrogen-bond donors (Lipinski definition) is 2. The fourth-order valence-corrected chi connectivity index (χ4v) is 2.41. The van der Waals surface area contributed by atoms with E-state index in [1.165, 1.54) is 0 Å². The Kier molecular flexibility index (Phi) is 3.35. The second kappa shape index (κ2) is 5.31. The first kappa shape index (κ1) is 12.6. The van der Waals surface area contributed by atoms with Crippen LogP contribution in [0, 0.1) is 0 Å². The molecule has 0 bridgehead atoms. The van der Waals surface area contributed by atoms with Gasteiger partial charge in [-0.2, -0.15) is 0 Å². The maximum absolute atomic E-state index is 10.4. The number of aromatic hydroxyl groups is 1. The molecule has 3 nitrogen and oxygen atoms in total. The number of nitrogens with zero attached hydrogens (tertiary/aromatic N) is 1. The SMILES string of the molecule is Oc1cccc(CC(O)c2cccc3cccnc23)c1. The Balaban J connectivity index is 1.94. The predicted octanol–water partition coefficient (Wildman–Crippen LogP) is 3.22. The number of hydrogen-bond acceptors (Lipinski definition) is 3. The predicted molar refractivity (Wildman–Crippen MR) is 78.5 cm³/mol. The smallest absolute Gasteiger partial charge is 0.115 e. The number of pyridine rings is 1. The minimum Gasteiger partial charge on any atom is -0.508 e. The van der Waals surface area contributed by atoms with E-state index in [1.54, 1.807) is 24.4 Å². The van der Waals surface area contributed by atoms with Gasteiger partial charge in [0.25, 0.3) is 0 Å². The van der Waals surface area contributed by atoms with Crippen LogP contribution < -0.4 is 0 Å². The monoisotopic (exact) mass is 265 g/mol. The van der Waals surface area contributed by atoms with E-state index < -0.39 is 6.10 Å². The Hall–Kier alpha value is -2.39. The van der Waals surface area contributed by atoms with Gasteiger partial charge >= 0.3 is 0 Å². The highest BCUT2D eigenvalue weighted by Gasteiger charge is 2.12. The highest BCUT2D eigenvalue weighted by atomic mass is 16.3. The van der Waals surface area contributed by atoms with Crippen LogP contribution in [0.3, 0.4) is 0 Å². The number of aliphatic hydroxyl groups is 1. The van der Waals surface area contributed by atoms with Gasteiger partial charge in [-0.1, -0.05) is 36.4 Å². The number of para-hydroxylation sites is 1. The fraction of sp³-hybridized carbons (Fsp3) is 0.118. The number of phenols is 1. The minimum atomic E-state index is -0.643. The molecule has 0 fully saturated rings. The molecule has 0 aliphatic carbocycles. The molecule has 1 atom stereocenters. The van der Waals surface area contributed by atoms with Crippen molar-refractivity contribution < 1.29 is 10.2 Å². The molecule has 100 valence electrons. The fourth-order valence-electron chi connectivity index (χ4n) is 2.41. The second-order valence-corrected chi connectivity index (χ2v) is 4.81. The third kappa shape index (κ3) is 2.49. The molecule has 1 aromatic heterocycles. The molecule has 0 aliphatic rings. The highest BCUT2D eigenvalue weighted by molar-refractivity contribution is 5.81. The summed E-state index contributed by atoms with van der Waals surface area (Å²) in [5, 5.41) is 20.9. The Morgan fingerprint density at radius 2 is 1.80 bits per heavy atom. The van der Waals surface area contributed by atoms with E-state index >= 15 is 0 Å². The summed E-state index contributed by atoms with van der Waals surface area (Å²) in [6, 6.07) is 16.6. The molecule has 0 aliphatic heterocycles. The van der Waals surface area contributed by atoms with Crippen LogP contribution in [0.15, 0.2) is 60.8 Å². The van der Waals surface area contributed by atoms with Gasteiger partial charge in [-0.25, -0.2) is 0 Å². The van der Waals surface area contributed by atoms with Crippen LogP contribution in [0.5, 0.6) is 5.75 Å². The number of benzene rings is 2. The molecule has 3 rings (SSSR count). The lowest BCUT2D eigenvalue weighted by molar-refractivity contribution is 0.179. The van der Waals surface area contributed by atoms with Crippen LogP contribution in [0.25, 0.3) is 10.9 Å². The van der Waals surface area contributed by atoms with Gasteiger partial charge in [0.15, 0.2) is 0 Å². The van der Waals surface area contributed by atoms with Gasteiger partial charge in [-0.15, -0.1) is 0 Å². The molecule has 3 aromatic rings. The van der Waals surface area contributed by atoms with Crippen LogP contribution in [0.4, 0.5) is 0 Å². The molecule has 20 heavy (non-hydrogen) atoms. The topological polar surface area (TPSA) is 53.4 Å². The lowest BCUT2D eigenvalue weighted by Gasteiger charge is -2.13. The van der Waals surface area contributed by atoms with E-state index in [-0.39, 0.29) is 5.75 Å². The van der Waals surface area contributed by atoms with Crippen molar-refractivity contribution >= 4 is 10.9 Å². The number of aromatic nitrogens is 1. The number of aliphatic hydroxyl groups excluding tert-OH is 1. The lowest BCUT2D eigenvalue weighted by Crippen LogP contribution is -2.03. The molecule has 0 saturated carbocycles. The first-order chi connectivity index (χ1) is 9.74. The van der Waals surface area contributed by atoms with Crippen molar-refractivity contribution in [2.24, 2.45) is 0 Å². The second-order valence-electron chi connectivity index (χ2n) is 4.81. The molecule has 0 amide bonds. The van der Waals surface area contributed by atoms with Crippen molar-refractivity contribution in [1.82, 2.24) is 4.98 Å². The molecule has 2 N–H and O–H groups in total. The van der Waals surface area contributed by atoms with Crippen molar-refractivity contribution in [1.29, 1.82) is 0 Å². The molecule has 0 saturated heterocycles. The molecule has 2 aromatic carbocycles.